The van der Waals surface area contributed by atoms with E-state index in [-0.39, 0.29) is 6.61 Å². The zero-order chi connectivity index (χ0) is 13.1. The van der Waals surface area contributed by atoms with Gasteiger partial charge in [0, 0.05) is 0 Å². The third-order valence-corrected chi connectivity index (χ3v) is 2.18. The van der Waals surface area contributed by atoms with Crippen LogP contribution < -0.4 is 5.32 Å². The van der Waals surface area contributed by atoms with Gasteiger partial charge in [0.1, 0.15) is 5.60 Å². The van der Waals surface area contributed by atoms with Gasteiger partial charge in [-0.1, -0.05) is 17.7 Å². The normalized spacial score (nSPS) is 11.1. The van der Waals surface area contributed by atoms with Crippen molar-refractivity contribution < 1.29 is 14.6 Å². The monoisotopic (exact) mass is 257 g/mol. The molecule has 0 atom stereocenters. The predicted octanol–water partition coefficient (Wildman–Crippen LogP) is 3.18. The van der Waals surface area contributed by atoms with E-state index in [9.17, 15) is 4.79 Å². The van der Waals surface area contributed by atoms with Crippen molar-refractivity contribution >= 4 is 23.4 Å². The van der Waals surface area contributed by atoms with Crippen LogP contribution in [-0.2, 0) is 11.3 Å². The lowest BCUT2D eigenvalue weighted by molar-refractivity contribution is 0.0636. The molecular formula is C12H16ClNO3. The molecule has 0 aliphatic rings. The summed E-state index contributed by atoms with van der Waals surface area (Å²) in [5.74, 6) is 0. The van der Waals surface area contributed by atoms with Gasteiger partial charge in [-0.2, -0.15) is 0 Å². The molecule has 1 amide bonds. The number of aliphatic hydroxyl groups is 1. The molecule has 2 N–H and O–H groups in total. The van der Waals surface area contributed by atoms with E-state index in [1.54, 1.807) is 39.0 Å². The zero-order valence-electron chi connectivity index (χ0n) is 10.1. The summed E-state index contributed by atoms with van der Waals surface area (Å²) >= 11 is 5.92. The van der Waals surface area contributed by atoms with Crippen LogP contribution in [-0.4, -0.2) is 16.8 Å². The molecule has 0 bridgehead atoms. The molecule has 0 heterocycles. The molecule has 1 aromatic rings. The molecule has 0 saturated heterocycles. The number of hydrogen-bond acceptors (Lipinski definition) is 3. The van der Waals surface area contributed by atoms with Gasteiger partial charge in [-0.25, -0.2) is 4.79 Å². The molecule has 0 aromatic heterocycles. The van der Waals surface area contributed by atoms with E-state index >= 15 is 0 Å². The number of aliphatic hydroxyl groups excluding tert-OH is 1. The van der Waals surface area contributed by atoms with Crippen molar-refractivity contribution in [2.75, 3.05) is 5.32 Å². The molecule has 0 aliphatic heterocycles. The Morgan fingerprint density at radius 2 is 2.12 bits per heavy atom. The Labute approximate surface area is 106 Å². The molecule has 0 spiro atoms. The third-order valence-electron chi connectivity index (χ3n) is 1.85. The van der Waals surface area contributed by atoms with Crippen molar-refractivity contribution in [3.05, 3.63) is 28.8 Å². The Morgan fingerprint density at radius 1 is 1.47 bits per heavy atom. The lowest BCUT2D eigenvalue weighted by atomic mass is 10.2. The zero-order valence-corrected chi connectivity index (χ0v) is 10.8. The van der Waals surface area contributed by atoms with Crippen LogP contribution >= 0.6 is 11.6 Å². The Morgan fingerprint density at radius 3 is 2.65 bits per heavy atom. The second-order valence-corrected chi connectivity index (χ2v) is 5.01. The average Bonchev–Trinajstić information content (AvgIpc) is 2.18. The highest BCUT2D eigenvalue weighted by molar-refractivity contribution is 6.33. The average molecular weight is 258 g/mol. The molecule has 0 saturated carbocycles. The molecule has 1 rings (SSSR count). The van der Waals surface area contributed by atoms with Gasteiger partial charge in [0.25, 0.3) is 0 Å². The summed E-state index contributed by atoms with van der Waals surface area (Å²) in [6.45, 7) is 5.22. The summed E-state index contributed by atoms with van der Waals surface area (Å²) in [7, 11) is 0. The smallest absolute Gasteiger partial charge is 0.412 e. The highest BCUT2D eigenvalue weighted by atomic mass is 35.5. The fourth-order valence-corrected chi connectivity index (χ4v) is 1.34. The molecule has 0 radical (unpaired) electrons. The van der Waals surface area contributed by atoms with Crippen LogP contribution in [0, 0.1) is 0 Å². The maximum atomic E-state index is 11.5. The quantitative estimate of drug-likeness (QED) is 0.856. The van der Waals surface area contributed by atoms with Crippen LogP contribution in [0.3, 0.4) is 0 Å². The van der Waals surface area contributed by atoms with Crippen LogP contribution in [0.5, 0.6) is 0 Å². The van der Waals surface area contributed by atoms with E-state index in [0.717, 1.165) is 0 Å². The van der Waals surface area contributed by atoms with Crippen LogP contribution in [0.4, 0.5) is 10.5 Å². The number of benzene rings is 1. The number of halogens is 1. The first-order valence-electron chi connectivity index (χ1n) is 5.21. The molecule has 0 aliphatic carbocycles. The highest BCUT2D eigenvalue weighted by Crippen LogP contribution is 2.23. The van der Waals surface area contributed by atoms with E-state index in [1.807, 2.05) is 0 Å². The minimum atomic E-state index is -0.575. The Kier molecular flexibility index (Phi) is 4.37. The summed E-state index contributed by atoms with van der Waals surface area (Å²) < 4.78 is 5.10. The molecule has 1 aromatic carbocycles. The van der Waals surface area contributed by atoms with Gasteiger partial charge in [0.15, 0.2) is 0 Å². The van der Waals surface area contributed by atoms with E-state index in [0.29, 0.717) is 16.3 Å². The van der Waals surface area contributed by atoms with Crippen LogP contribution in [0.25, 0.3) is 0 Å². The summed E-state index contributed by atoms with van der Waals surface area (Å²) in [5, 5.41) is 11.9. The van der Waals surface area contributed by atoms with E-state index in [4.69, 9.17) is 21.4 Å². The summed E-state index contributed by atoms with van der Waals surface area (Å²) in [5.41, 5.74) is 0.526. The molecule has 4 nitrogen and oxygen atoms in total. The lowest BCUT2D eigenvalue weighted by Crippen LogP contribution is -2.27. The SMILES string of the molecule is CC(C)(C)OC(=O)Nc1cc(CO)ccc1Cl. The molecular weight excluding hydrogens is 242 g/mol. The molecule has 0 fully saturated rings. The minimum Gasteiger partial charge on any atom is -0.444 e. The first-order valence-corrected chi connectivity index (χ1v) is 5.59. The molecule has 5 heteroatoms. The Bertz CT molecular complexity index is 413. The number of amides is 1. The summed E-state index contributed by atoms with van der Waals surface area (Å²) in [6, 6.07) is 4.90. The number of rotatable bonds is 2. The fraction of sp³-hybridized carbons (Fsp3) is 0.417. The number of hydrogen-bond donors (Lipinski definition) is 2. The van der Waals surface area contributed by atoms with Gasteiger partial charge in [0.2, 0.25) is 0 Å². The van der Waals surface area contributed by atoms with Crippen LogP contribution in [0.1, 0.15) is 26.3 Å². The fourth-order valence-electron chi connectivity index (χ4n) is 1.18. The number of nitrogens with one attached hydrogen (secondary N) is 1. The molecule has 94 valence electrons. The second kappa shape index (κ2) is 5.38. The van der Waals surface area contributed by atoms with Crippen molar-refractivity contribution in [3.8, 4) is 0 Å². The summed E-state index contributed by atoms with van der Waals surface area (Å²) in [6.07, 6.45) is -0.575. The largest absolute Gasteiger partial charge is 0.444 e. The van der Waals surface area contributed by atoms with Crippen molar-refractivity contribution in [3.63, 3.8) is 0 Å². The predicted molar refractivity (Wildman–Crippen MR) is 67.2 cm³/mol. The van der Waals surface area contributed by atoms with Crippen molar-refractivity contribution in [1.82, 2.24) is 0 Å². The first kappa shape index (κ1) is 13.8. The van der Waals surface area contributed by atoms with Crippen molar-refractivity contribution in [2.24, 2.45) is 0 Å². The number of ether oxygens (including phenoxy) is 1. The minimum absolute atomic E-state index is 0.111. The van der Waals surface area contributed by atoms with E-state index < -0.39 is 11.7 Å². The lowest BCUT2D eigenvalue weighted by Gasteiger charge is -2.20. The van der Waals surface area contributed by atoms with E-state index in [2.05, 4.69) is 5.32 Å². The van der Waals surface area contributed by atoms with Crippen molar-refractivity contribution in [1.29, 1.82) is 0 Å². The van der Waals surface area contributed by atoms with Crippen molar-refractivity contribution in [2.45, 2.75) is 33.0 Å². The Balaban J connectivity index is 2.77. The first-order chi connectivity index (χ1) is 7.81. The number of anilines is 1. The van der Waals surface area contributed by atoms with Gasteiger partial charge in [0.05, 0.1) is 17.3 Å². The van der Waals surface area contributed by atoms with Crippen LogP contribution in [0.15, 0.2) is 18.2 Å². The maximum absolute atomic E-state index is 11.5. The standard InChI is InChI=1S/C12H16ClNO3/c1-12(2,3)17-11(16)14-10-6-8(7-15)4-5-9(10)13/h4-6,15H,7H2,1-3H3,(H,14,16). The highest BCUT2D eigenvalue weighted by Gasteiger charge is 2.17. The molecule has 17 heavy (non-hydrogen) atoms. The maximum Gasteiger partial charge on any atom is 0.412 e. The third kappa shape index (κ3) is 4.63. The van der Waals surface area contributed by atoms with Gasteiger partial charge >= 0.3 is 6.09 Å². The van der Waals surface area contributed by atoms with Gasteiger partial charge < -0.3 is 9.84 Å². The van der Waals surface area contributed by atoms with Gasteiger partial charge in [-0.15, -0.1) is 0 Å². The van der Waals surface area contributed by atoms with Gasteiger partial charge in [-0.05, 0) is 38.5 Å². The summed E-state index contributed by atoms with van der Waals surface area (Å²) in [4.78, 5) is 11.5. The van der Waals surface area contributed by atoms with Gasteiger partial charge in [-0.3, -0.25) is 5.32 Å². The molecule has 0 unspecified atom stereocenters. The van der Waals surface area contributed by atoms with E-state index in [1.165, 1.54) is 0 Å². The Hall–Kier alpha value is -1.26. The number of carbonyl (C=O) groups is 1. The van der Waals surface area contributed by atoms with Crippen LogP contribution in [0.2, 0.25) is 5.02 Å². The second-order valence-electron chi connectivity index (χ2n) is 4.60. The topological polar surface area (TPSA) is 58.6 Å². The number of carbonyl (C=O) groups excluding carboxylic acids is 1.